The van der Waals surface area contributed by atoms with E-state index < -0.39 is 0 Å². The molecule has 0 bridgehead atoms. The summed E-state index contributed by atoms with van der Waals surface area (Å²) in [6, 6.07) is 10.8. The minimum Gasteiger partial charge on any atom is -0.355 e. The lowest BCUT2D eigenvalue weighted by molar-refractivity contribution is 0.101. The molecule has 0 radical (unpaired) electrons. The van der Waals surface area contributed by atoms with Crippen LogP contribution in [0.2, 0.25) is 0 Å². The van der Waals surface area contributed by atoms with Gasteiger partial charge in [-0.15, -0.1) is 11.3 Å². The van der Waals surface area contributed by atoms with E-state index in [0.29, 0.717) is 11.4 Å². The highest BCUT2D eigenvalue weighted by Crippen LogP contribution is 2.25. The van der Waals surface area contributed by atoms with Crippen molar-refractivity contribution in [2.75, 3.05) is 5.32 Å². The van der Waals surface area contributed by atoms with Crippen LogP contribution in [0.3, 0.4) is 0 Å². The van der Waals surface area contributed by atoms with Gasteiger partial charge in [0.05, 0.1) is 15.2 Å². The first-order valence-electron chi connectivity index (χ1n) is 7.25. The molecule has 24 heavy (non-hydrogen) atoms. The summed E-state index contributed by atoms with van der Waals surface area (Å²) < 4.78 is 6.25. The van der Waals surface area contributed by atoms with E-state index in [0.717, 1.165) is 20.8 Å². The number of carbonyl (C=O) groups excluding carboxylic acids is 1. The van der Waals surface area contributed by atoms with Gasteiger partial charge in [0.1, 0.15) is 0 Å². The Morgan fingerprint density at radius 3 is 3.00 bits per heavy atom. The van der Waals surface area contributed by atoms with Crippen LogP contribution in [0.5, 0.6) is 0 Å². The minimum absolute atomic E-state index is 0.217. The molecular formula is C17H12N4O2S. The number of aryl methyl sites for hydroxylation is 1. The van der Waals surface area contributed by atoms with E-state index >= 15 is 0 Å². The van der Waals surface area contributed by atoms with Gasteiger partial charge in [-0.25, -0.2) is 4.98 Å². The average Bonchev–Trinajstić information content (AvgIpc) is 3.21. The van der Waals surface area contributed by atoms with E-state index in [-0.39, 0.29) is 11.6 Å². The molecule has 118 valence electrons. The maximum atomic E-state index is 12.3. The zero-order valence-corrected chi connectivity index (χ0v) is 13.5. The Labute approximate surface area is 141 Å². The van der Waals surface area contributed by atoms with E-state index in [2.05, 4.69) is 20.4 Å². The van der Waals surface area contributed by atoms with Gasteiger partial charge in [0.2, 0.25) is 0 Å². The summed E-state index contributed by atoms with van der Waals surface area (Å²) in [7, 11) is 0. The van der Waals surface area contributed by atoms with Gasteiger partial charge in [0, 0.05) is 29.7 Å². The van der Waals surface area contributed by atoms with Crippen molar-refractivity contribution in [3.63, 3.8) is 0 Å². The normalized spacial score (nSPS) is 10.9. The molecule has 0 aliphatic heterocycles. The fraction of sp³-hybridized carbons (Fsp3) is 0.0588. The lowest BCUT2D eigenvalue weighted by Gasteiger charge is -2.02. The number of fused-ring (bicyclic) bond motifs is 1. The number of thiazole rings is 1. The molecule has 6 nitrogen and oxygen atoms in total. The molecule has 1 amide bonds. The Balaban J connectivity index is 1.56. The predicted molar refractivity (Wildman–Crippen MR) is 92.0 cm³/mol. The topological polar surface area (TPSA) is 80.9 Å². The fourth-order valence-electron chi connectivity index (χ4n) is 2.34. The smallest absolute Gasteiger partial charge is 0.277 e. The van der Waals surface area contributed by atoms with Crippen molar-refractivity contribution in [1.82, 2.24) is 15.1 Å². The summed E-state index contributed by atoms with van der Waals surface area (Å²) in [5.41, 5.74) is 2.61. The van der Waals surface area contributed by atoms with Crippen molar-refractivity contribution in [1.29, 1.82) is 0 Å². The second-order valence-electron chi connectivity index (χ2n) is 5.19. The predicted octanol–water partition coefficient (Wildman–Crippen LogP) is 3.91. The highest BCUT2D eigenvalue weighted by Gasteiger charge is 2.14. The highest BCUT2D eigenvalue weighted by molar-refractivity contribution is 7.18. The van der Waals surface area contributed by atoms with Gasteiger partial charge in [-0.2, -0.15) is 0 Å². The summed E-state index contributed by atoms with van der Waals surface area (Å²) >= 11 is 1.59. The van der Waals surface area contributed by atoms with Gasteiger partial charge in [-0.3, -0.25) is 9.78 Å². The second kappa shape index (κ2) is 5.86. The van der Waals surface area contributed by atoms with Crippen LogP contribution in [0, 0.1) is 6.92 Å². The number of rotatable bonds is 3. The number of nitrogens with zero attached hydrogens (tertiary/aromatic N) is 3. The van der Waals surface area contributed by atoms with Crippen LogP contribution in [-0.2, 0) is 0 Å². The lowest BCUT2D eigenvalue weighted by Crippen LogP contribution is -2.11. The standard InChI is InChI=1S/C17H12N4O2S/c1-10-19-13-5-4-12(7-16(13)24-10)20-17(22)14-8-15(23-21-14)11-3-2-6-18-9-11/h2-9H,1H3,(H,20,22). The van der Waals surface area contributed by atoms with Gasteiger partial charge in [0.15, 0.2) is 11.5 Å². The van der Waals surface area contributed by atoms with Crippen LogP contribution >= 0.6 is 11.3 Å². The molecule has 3 aromatic heterocycles. The van der Waals surface area contributed by atoms with Gasteiger partial charge >= 0.3 is 0 Å². The van der Waals surface area contributed by atoms with E-state index in [9.17, 15) is 4.79 Å². The van der Waals surface area contributed by atoms with Crippen molar-refractivity contribution >= 4 is 33.1 Å². The summed E-state index contributed by atoms with van der Waals surface area (Å²) in [5, 5.41) is 7.65. The summed E-state index contributed by atoms with van der Waals surface area (Å²) in [6.45, 7) is 1.96. The quantitative estimate of drug-likeness (QED) is 0.613. The number of anilines is 1. The summed E-state index contributed by atoms with van der Waals surface area (Å²) in [4.78, 5) is 20.8. The Hall–Kier alpha value is -3.06. The molecule has 0 spiro atoms. The van der Waals surface area contributed by atoms with Crippen LogP contribution in [0.4, 0.5) is 5.69 Å². The molecule has 0 unspecified atom stereocenters. The lowest BCUT2D eigenvalue weighted by atomic mass is 10.2. The van der Waals surface area contributed by atoms with E-state index in [1.54, 1.807) is 35.9 Å². The molecule has 0 saturated heterocycles. The van der Waals surface area contributed by atoms with Crippen LogP contribution in [0.15, 0.2) is 53.3 Å². The van der Waals surface area contributed by atoms with Gasteiger partial charge in [-0.1, -0.05) is 5.16 Å². The molecule has 0 aliphatic carbocycles. The van der Waals surface area contributed by atoms with Gasteiger partial charge in [0.25, 0.3) is 5.91 Å². The third kappa shape index (κ3) is 2.77. The molecule has 3 heterocycles. The molecule has 1 aromatic carbocycles. The Morgan fingerprint density at radius 1 is 1.25 bits per heavy atom. The molecule has 1 N–H and O–H groups in total. The number of benzene rings is 1. The first-order chi connectivity index (χ1) is 11.7. The van der Waals surface area contributed by atoms with Crippen molar-refractivity contribution in [2.45, 2.75) is 6.92 Å². The molecule has 4 rings (SSSR count). The molecule has 0 saturated carbocycles. The maximum Gasteiger partial charge on any atom is 0.277 e. The molecule has 0 atom stereocenters. The fourth-order valence-corrected chi connectivity index (χ4v) is 3.21. The van der Waals surface area contributed by atoms with Crippen molar-refractivity contribution in [3.05, 3.63) is 59.5 Å². The molecule has 0 aliphatic rings. The number of hydrogen-bond acceptors (Lipinski definition) is 6. The van der Waals surface area contributed by atoms with Crippen molar-refractivity contribution in [2.24, 2.45) is 0 Å². The zero-order valence-electron chi connectivity index (χ0n) is 12.7. The number of amides is 1. The third-order valence-electron chi connectivity index (χ3n) is 3.44. The second-order valence-corrected chi connectivity index (χ2v) is 6.42. The first-order valence-corrected chi connectivity index (χ1v) is 8.06. The van der Waals surface area contributed by atoms with Crippen molar-refractivity contribution in [3.8, 4) is 11.3 Å². The first kappa shape index (κ1) is 14.5. The van der Waals surface area contributed by atoms with E-state index in [1.165, 1.54) is 0 Å². The number of carbonyl (C=O) groups is 1. The number of hydrogen-bond donors (Lipinski definition) is 1. The average molecular weight is 336 g/mol. The van der Waals surface area contributed by atoms with E-state index in [4.69, 9.17) is 4.52 Å². The van der Waals surface area contributed by atoms with E-state index in [1.807, 2.05) is 31.2 Å². The highest BCUT2D eigenvalue weighted by atomic mass is 32.1. The van der Waals surface area contributed by atoms with Crippen LogP contribution in [0.25, 0.3) is 21.5 Å². The van der Waals surface area contributed by atoms with Gasteiger partial charge in [-0.05, 0) is 37.3 Å². The Morgan fingerprint density at radius 2 is 2.17 bits per heavy atom. The summed E-state index contributed by atoms with van der Waals surface area (Å²) in [5.74, 6) is 0.177. The van der Waals surface area contributed by atoms with Crippen LogP contribution in [0.1, 0.15) is 15.5 Å². The van der Waals surface area contributed by atoms with Gasteiger partial charge < -0.3 is 9.84 Å². The summed E-state index contributed by atoms with van der Waals surface area (Å²) in [6.07, 6.45) is 3.33. The number of pyridine rings is 1. The van der Waals surface area contributed by atoms with Crippen LogP contribution < -0.4 is 5.32 Å². The largest absolute Gasteiger partial charge is 0.355 e. The molecule has 0 fully saturated rings. The third-order valence-corrected chi connectivity index (χ3v) is 4.38. The Kier molecular flexibility index (Phi) is 3.55. The number of nitrogens with one attached hydrogen (secondary N) is 1. The number of aromatic nitrogens is 3. The molecule has 4 aromatic rings. The Bertz CT molecular complexity index is 1020. The molecular weight excluding hydrogens is 324 g/mol. The van der Waals surface area contributed by atoms with Crippen LogP contribution in [-0.4, -0.2) is 21.0 Å². The van der Waals surface area contributed by atoms with Crippen molar-refractivity contribution < 1.29 is 9.32 Å². The molecule has 7 heteroatoms. The maximum absolute atomic E-state index is 12.3. The zero-order chi connectivity index (χ0) is 16.5. The SMILES string of the molecule is Cc1nc2ccc(NC(=O)c3cc(-c4cccnc4)on3)cc2s1. The monoisotopic (exact) mass is 336 g/mol. The minimum atomic E-state index is -0.325.